The molecule has 1 radical (unpaired) electrons. The Morgan fingerprint density at radius 1 is 0.605 bits per heavy atom. The van der Waals surface area contributed by atoms with Gasteiger partial charge in [-0.1, -0.05) is 83.0 Å². The van der Waals surface area contributed by atoms with Gasteiger partial charge >= 0.3 is 29.0 Å². The van der Waals surface area contributed by atoms with E-state index >= 15 is 0 Å². The molecule has 0 unspecified atom stereocenters. The fourth-order valence-electron chi connectivity index (χ4n) is 5.61. The minimum atomic E-state index is -0.898. The normalized spacial score (nSPS) is 15.0. The molecule has 0 fully saturated rings. The van der Waals surface area contributed by atoms with Crippen molar-refractivity contribution in [3.05, 3.63) is 102 Å². The number of hydrogen-bond acceptors (Lipinski definition) is 2. The van der Waals surface area contributed by atoms with E-state index in [0.717, 1.165) is 60.9 Å². The fraction of sp³-hybridized carbons (Fsp3) is 0.235. The van der Waals surface area contributed by atoms with Crippen molar-refractivity contribution in [1.82, 2.24) is 19.9 Å². The van der Waals surface area contributed by atoms with Gasteiger partial charge in [0.25, 0.3) is 0 Å². The zero-order valence-electron chi connectivity index (χ0n) is 24.6. The van der Waals surface area contributed by atoms with E-state index in [1.54, 1.807) is 12.2 Å². The van der Waals surface area contributed by atoms with Crippen LogP contribution in [0.15, 0.2) is 13.2 Å². The summed E-state index contributed by atoms with van der Waals surface area (Å²) >= 11 is 0. The van der Waals surface area contributed by atoms with E-state index in [9.17, 15) is 19.8 Å². The number of carboxylic acid groups (broad SMARTS) is 2. The SMILES string of the molecule is C=Cc1c2[n-]c(c1C)/C=c1\[n-]/c(c(C)c1C=C)=C\c1[n-]c(c(CCC(=O)O)c1C)/C=c1\[n-]/c(c(C)c1CCC(=O)O)=C\2.[Fe+5]. The number of fused-ring (bicyclic) bond motifs is 8. The summed E-state index contributed by atoms with van der Waals surface area (Å²) in [4.78, 5) is 42.7. The Bertz CT molecular complexity index is 2030. The summed E-state index contributed by atoms with van der Waals surface area (Å²) in [5, 5.41) is 21.7. The molecule has 5 rings (SSSR count). The number of carboxylic acids is 2. The van der Waals surface area contributed by atoms with Gasteiger partial charge in [-0.2, -0.15) is 0 Å². The Balaban J connectivity index is 0.00000423. The summed E-state index contributed by atoms with van der Waals surface area (Å²) in [7, 11) is 0. The minimum Gasteiger partial charge on any atom is -0.657 e. The number of aromatic nitrogens is 4. The molecule has 0 saturated carbocycles. The first-order chi connectivity index (χ1) is 20.0. The second kappa shape index (κ2) is 12.4. The molecule has 0 saturated heterocycles. The van der Waals surface area contributed by atoms with Crippen LogP contribution in [0.1, 0.15) is 80.1 Å². The Morgan fingerprint density at radius 3 is 1.72 bits per heavy atom. The molecule has 2 N–H and O–H groups in total. The molecule has 0 aromatic carbocycles. The number of nitrogens with zero attached hydrogens (tertiary/aromatic N) is 4. The first kappa shape index (κ1) is 31.5. The topological polar surface area (TPSA) is 131 Å². The maximum Gasteiger partial charge on any atom is 5.00 e. The van der Waals surface area contributed by atoms with Gasteiger partial charge in [-0.25, -0.2) is 0 Å². The van der Waals surface area contributed by atoms with Crippen LogP contribution in [-0.4, -0.2) is 22.2 Å². The van der Waals surface area contributed by atoms with E-state index in [4.69, 9.17) is 19.9 Å². The molecule has 1 aliphatic heterocycles. The van der Waals surface area contributed by atoms with E-state index in [1.807, 2.05) is 52.0 Å². The van der Waals surface area contributed by atoms with Gasteiger partial charge in [-0.3, -0.25) is 9.59 Å². The zero-order chi connectivity index (χ0) is 30.3. The van der Waals surface area contributed by atoms with Gasteiger partial charge in [-0.15, -0.1) is 44.2 Å². The van der Waals surface area contributed by atoms with Crippen LogP contribution in [0.5, 0.6) is 0 Å². The van der Waals surface area contributed by atoms with Gasteiger partial charge in [0.15, 0.2) is 0 Å². The second-order valence-electron chi connectivity index (χ2n) is 10.6. The molecule has 1 aliphatic rings. The van der Waals surface area contributed by atoms with Gasteiger partial charge < -0.3 is 30.1 Å². The molecule has 219 valence electrons. The van der Waals surface area contributed by atoms with Gasteiger partial charge in [0.05, 0.1) is 0 Å². The molecule has 0 amide bonds. The van der Waals surface area contributed by atoms with Gasteiger partial charge in [0.2, 0.25) is 0 Å². The molecule has 4 aromatic heterocycles. The van der Waals surface area contributed by atoms with Crippen LogP contribution in [0, 0.1) is 27.7 Å². The quantitative estimate of drug-likeness (QED) is 0.252. The third-order valence-electron chi connectivity index (χ3n) is 8.06. The van der Waals surface area contributed by atoms with Crippen LogP contribution in [0.25, 0.3) is 36.5 Å². The van der Waals surface area contributed by atoms with Crippen molar-refractivity contribution in [3.8, 4) is 0 Å². The largest absolute Gasteiger partial charge is 5.00 e. The average Bonchev–Trinajstić information content (AvgIpc) is 3.59. The van der Waals surface area contributed by atoms with Gasteiger partial charge in [-0.05, 0) is 51.7 Å². The molecule has 43 heavy (non-hydrogen) atoms. The molecular formula is C34H32FeN4O4+. The van der Waals surface area contributed by atoms with Gasteiger partial charge in [0, 0.05) is 12.8 Å². The third-order valence-corrected chi connectivity index (χ3v) is 8.06. The van der Waals surface area contributed by atoms with E-state index in [2.05, 4.69) is 13.2 Å². The number of aliphatic carboxylic acids is 2. The van der Waals surface area contributed by atoms with Crippen LogP contribution >= 0.6 is 0 Å². The molecule has 9 heteroatoms. The van der Waals surface area contributed by atoms with Crippen LogP contribution in [-0.2, 0) is 39.5 Å². The predicted molar refractivity (Wildman–Crippen MR) is 163 cm³/mol. The van der Waals surface area contributed by atoms with E-state index < -0.39 is 11.9 Å². The summed E-state index contributed by atoms with van der Waals surface area (Å²) in [6, 6.07) is 0. The third kappa shape index (κ3) is 5.91. The van der Waals surface area contributed by atoms with Crippen molar-refractivity contribution in [2.45, 2.75) is 53.4 Å². The van der Waals surface area contributed by atoms with Crippen molar-refractivity contribution in [1.29, 1.82) is 0 Å². The average molecular weight is 616 g/mol. The van der Waals surface area contributed by atoms with E-state index in [0.29, 0.717) is 40.6 Å². The minimum absolute atomic E-state index is 0. The van der Waals surface area contributed by atoms with Crippen LogP contribution in [0.2, 0.25) is 0 Å². The number of carbonyl (C=O) groups is 2. The van der Waals surface area contributed by atoms with Crippen LogP contribution in [0.3, 0.4) is 0 Å². The molecule has 0 atom stereocenters. The van der Waals surface area contributed by atoms with Crippen molar-refractivity contribution in [2.24, 2.45) is 0 Å². The molecule has 8 nitrogen and oxygen atoms in total. The maximum atomic E-state index is 11.5. The van der Waals surface area contributed by atoms with Crippen LogP contribution in [0.4, 0.5) is 0 Å². The Morgan fingerprint density at radius 2 is 1.09 bits per heavy atom. The fourth-order valence-corrected chi connectivity index (χ4v) is 5.61. The van der Waals surface area contributed by atoms with Crippen molar-refractivity contribution >= 4 is 48.4 Å². The zero-order valence-corrected chi connectivity index (χ0v) is 25.7. The molecule has 5 heterocycles. The maximum absolute atomic E-state index is 11.5. The standard InChI is InChI=1S/C34H32N4O4.Fe/c1-7-21-17(3)25-13-26-19(5)23(9-11-33(39)40)31(37-26)16-32-24(10-12-34(41)42)20(6)28(38-32)15-30-22(8-2)18(4)27(36-30)14-29(21)35-25;/h7-8,13-16H,1-2,9-12H2,3-6H3,(H,39,40)(H,41,42);/q-4;+5/b25-13-,26-13?,27-14?,28-15-,29-14-,30-15?,31-16?,32-16-;. The second-order valence-corrected chi connectivity index (χ2v) is 10.6. The number of rotatable bonds is 8. The number of hydrogen-bond donors (Lipinski definition) is 2. The summed E-state index contributed by atoms with van der Waals surface area (Å²) in [5.41, 5.74) is 9.84. The summed E-state index contributed by atoms with van der Waals surface area (Å²) < 4.78 is 0. The van der Waals surface area contributed by atoms with E-state index in [1.165, 1.54) is 0 Å². The Hall–Kier alpha value is -4.46. The Labute approximate surface area is 259 Å². The van der Waals surface area contributed by atoms with Crippen molar-refractivity contribution < 1.29 is 36.9 Å². The molecule has 4 aromatic rings. The van der Waals surface area contributed by atoms with Crippen molar-refractivity contribution in [3.63, 3.8) is 0 Å². The first-order valence-corrected chi connectivity index (χ1v) is 13.8. The molecule has 0 aliphatic carbocycles. The van der Waals surface area contributed by atoms with Gasteiger partial charge in [0.1, 0.15) is 0 Å². The summed E-state index contributed by atoms with van der Waals surface area (Å²) in [6.45, 7) is 15.9. The van der Waals surface area contributed by atoms with Crippen molar-refractivity contribution in [2.75, 3.05) is 0 Å². The summed E-state index contributed by atoms with van der Waals surface area (Å²) in [5.74, 6) is -1.80. The smallest absolute Gasteiger partial charge is 0.657 e. The first-order valence-electron chi connectivity index (χ1n) is 13.8. The predicted octanol–water partition coefficient (Wildman–Crippen LogP) is 1.70. The Kier molecular flexibility index (Phi) is 9.09. The molecular weight excluding hydrogens is 584 g/mol. The molecule has 8 bridgehead atoms. The van der Waals surface area contributed by atoms with Crippen LogP contribution < -0.4 is 41.3 Å². The van der Waals surface area contributed by atoms with E-state index in [-0.39, 0.29) is 29.9 Å². The molecule has 0 spiro atoms. The summed E-state index contributed by atoms with van der Waals surface area (Å²) in [6.07, 6.45) is 11.7. The monoisotopic (exact) mass is 616 g/mol.